The van der Waals surface area contributed by atoms with Crippen molar-refractivity contribution in [1.29, 1.82) is 0 Å². The van der Waals surface area contributed by atoms with Crippen LogP contribution in [0.5, 0.6) is 5.75 Å². The minimum absolute atomic E-state index is 0.207. The van der Waals surface area contributed by atoms with Gasteiger partial charge in [0.2, 0.25) is 0 Å². The van der Waals surface area contributed by atoms with E-state index < -0.39 is 0 Å². The van der Waals surface area contributed by atoms with Crippen LogP contribution in [0.1, 0.15) is 43.7 Å². The molecule has 2 aromatic rings. The van der Waals surface area contributed by atoms with Gasteiger partial charge in [-0.1, -0.05) is 19.1 Å². The van der Waals surface area contributed by atoms with Crippen LogP contribution in [0.4, 0.5) is 0 Å². The Labute approximate surface area is 139 Å². The first-order valence-electron chi connectivity index (χ1n) is 7.35. The van der Waals surface area contributed by atoms with Crippen LogP contribution in [0.25, 0.3) is 0 Å². The molecule has 1 unspecified atom stereocenters. The fraction of sp³-hybridized carbons (Fsp3) is 0.412. The van der Waals surface area contributed by atoms with Crippen LogP contribution < -0.4 is 10.1 Å². The Morgan fingerprint density at radius 2 is 1.86 bits per heavy atom. The van der Waals surface area contributed by atoms with Crippen molar-refractivity contribution in [1.82, 2.24) is 5.32 Å². The summed E-state index contributed by atoms with van der Waals surface area (Å²) in [5, 5.41) is 3.62. The second-order valence-electron chi connectivity index (χ2n) is 5.26. The van der Waals surface area contributed by atoms with Gasteiger partial charge in [-0.05, 0) is 72.6 Å². The number of thiophene rings is 1. The van der Waals surface area contributed by atoms with Gasteiger partial charge in [0.25, 0.3) is 0 Å². The van der Waals surface area contributed by atoms with Gasteiger partial charge < -0.3 is 10.1 Å². The van der Waals surface area contributed by atoms with Crippen LogP contribution in [-0.4, -0.2) is 12.6 Å². The molecule has 2 nitrogen and oxygen atoms in total. The molecule has 2 rings (SSSR count). The van der Waals surface area contributed by atoms with Gasteiger partial charge in [0.1, 0.15) is 5.75 Å². The lowest BCUT2D eigenvalue weighted by Crippen LogP contribution is -2.22. The highest BCUT2D eigenvalue weighted by molar-refractivity contribution is 9.11. The van der Waals surface area contributed by atoms with Crippen LogP contribution in [0.3, 0.4) is 0 Å². The molecule has 0 saturated heterocycles. The molecule has 1 aromatic heterocycles. The normalized spacial score (nSPS) is 12.6. The summed E-state index contributed by atoms with van der Waals surface area (Å²) in [7, 11) is 0. The molecule has 1 aromatic carbocycles. The first-order valence-corrected chi connectivity index (χ1v) is 8.96. The van der Waals surface area contributed by atoms with Crippen LogP contribution >= 0.6 is 27.3 Å². The van der Waals surface area contributed by atoms with Crippen LogP contribution in [0.15, 0.2) is 40.2 Å². The van der Waals surface area contributed by atoms with Crippen molar-refractivity contribution in [3.63, 3.8) is 0 Å². The van der Waals surface area contributed by atoms with E-state index in [1.54, 1.807) is 11.3 Å². The van der Waals surface area contributed by atoms with E-state index in [9.17, 15) is 0 Å². The first-order chi connectivity index (χ1) is 10.1. The summed E-state index contributed by atoms with van der Waals surface area (Å²) in [6, 6.07) is 12.9. The van der Waals surface area contributed by atoms with Crippen molar-refractivity contribution in [2.45, 2.75) is 39.3 Å². The monoisotopic (exact) mass is 367 g/mol. The molecular weight excluding hydrogens is 346 g/mol. The molecule has 0 radical (unpaired) electrons. The van der Waals surface area contributed by atoms with Crippen molar-refractivity contribution in [3.05, 3.63) is 50.6 Å². The summed E-state index contributed by atoms with van der Waals surface area (Å²) in [4.78, 5) is 1.33. The zero-order valence-electron chi connectivity index (χ0n) is 12.7. The first kappa shape index (κ1) is 16.5. The summed E-state index contributed by atoms with van der Waals surface area (Å²) in [5.41, 5.74) is 1.27. The molecule has 0 bridgehead atoms. The molecule has 0 aliphatic heterocycles. The molecule has 0 amide bonds. The molecule has 21 heavy (non-hydrogen) atoms. The van der Waals surface area contributed by atoms with Gasteiger partial charge in [-0.15, -0.1) is 11.3 Å². The SMILES string of the molecule is CCCNC(c1ccc(OC(C)C)cc1)c1ccc(Br)s1. The van der Waals surface area contributed by atoms with Gasteiger partial charge in [0.15, 0.2) is 0 Å². The fourth-order valence-electron chi connectivity index (χ4n) is 2.17. The van der Waals surface area contributed by atoms with Crippen molar-refractivity contribution in [3.8, 4) is 5.75 Å². The Morgan fingerprint density at radius 1 is 1.14 bits per heavy atom. The van der Waals surface area contributed by atoms with Crippen LogP contribution in [0.2, 0.25) is 0 Å². The third kappa shape index (κ3) is 4.83. The van der Waals surface area contributed by atoms with Gasteiger partial charge >= 0.3 is 0 Å². The summed E-state index contributed by atoms with van der Waals surface area (Å²) in [6.07, 6.45) is 1.33. The molecule has 114 valence electrons. The molecule has 4 heteroatoms. The molecule has 0 aliphatic carbocycles. The number of rotatable bonds is 7. The molecule has 0 fully saturated rings. The summed E-state index contributed by atoms with van der Waals surface area (Å²) in [5.74, 6) is 0.926. The molecule has 0 aliphatic rings. The third-order valence-electron chi connectivity index (χ3n) is 3.06. The van der Waals surface area contributed by atoms with Gasteiger partial charge in [-0.2, -0.15) is 0 Å². The number of nitrogens with one attached hydrogen (secondary N) is 1. The number of hydrogen-bond donors (Lipinski definition) is 1. The van der Waals surface area contributed by atoms with E-state index in [4.69, 9.17) is 4.74 Å². The maximum Gasteiger partial charge on any atom is 0.119 e. The Kier molecular flexibility index (Phi) is 6.27. The van der Waals surface area contributed by atoms with E-state index in [2.05, 4.69) is 64.6 Å². The molecule has 1 heterocycles. The fourth-order valence-corrected chi connectivity index (χ4v) is 3.69. The lowest BCUT2D eigenvalue weighted by molar-refractivity contribution is 0.242. The topological polar surface area (TPSA) is 21.3 Å². The summed E-state index contributed by atoms with van der Waals surface area (Å²) >= 11 is 5.33. The zero-order chi connectivity index (χ0) is 15.2. The van der Waals surface area contributed by atoms with Crippen LogP contribution in [-0.2, 0) is 0 Å². The largest absolute Gasteiger partial charge is 0.491 e. The van der Waals surface area contributed by atoms with E-state index in [0.717, 1.165) is 18.7 Å². The smallest absolute Gasteiger partial charge is 0.119 e. The van der Waals surface area contributed by atoms with E-state index >= 15 is 0 Å². The van der Waals surface area contributed by atoms with Crippen molar-refractivity contribution in [2.24, 2.45) is 0 Å². The highest BCUT2D eigenvalue weighted by Crippen LogP contribution is 2.32. The van der Waals surface area contributed by atoms with Gasteiger partial charge in [-0.25, -0.2) is 0 Å². The quantitative estimate of drug-likeness (QED) is 0.708. The van der Waals surface area contributed by atoms with E-state index in [-0.39, 0.29) is 12.1 Å². The lowest BCUT2D eigenvalue weighted by Gasteiger charge is -2.18. The van der Waals surface area contributed by atoms with Gasteiger partial charge in [0.05, 0.1) is 15.9 Å². The average Bonchev–Trinajstić information content (AvgIpc) is 2.87. The van der Waals surface area contributed by atoms with Crippen molar-refractivity contribution < 1.29 is 4.74 Å². The molecule has 0 saturated carbocycles. The third-order valence-corrected chi connectivity index (χ3v) is 4.75. The molecule has 0 spiro atoms. The average molecular weight is 368 g/mol. The molecular formula is C17H22BrNOS. The Hall–Kier alpha value is -0.840. The Balaban J connectivity index is 2.20. The maximum absolute atomic E-state index is 5.71. The van der Waals surface area contributed by atoms with Crippen LogP contribution in [0, 0.1) is 0 Å². The minimum atomic E-state index is 0.207. The highest BCUT2D eigenvalue weighted by Gasteiger charge is 2.15. The van der Waals surface area contributed by atoms with Gasteiger partial charge in [-0.3, -0.25) is 0 Å². The highest BCUT2D eigenvalue weighted by atomic mass is 79.9. The van der Waals surface area contributed by atoms with Crippen molar-refractivity contribution >= 4 is 27.3 Å². The standard InChI is InChI=1S/C17H22BrNOS/c1-4-11-19-17(15-9-10-16(18)21-15)13-5-7-14(8-6-13)20-12(2)3/h5-10,12,17,19H,4,11H2,1-3H3. The van der Waals surface area contributed by atoms with Crippen molar-refractivity contribution in [2.75, 3.05) is 6.54 Å². The predicted octanol–water partition coefficient (Wildman–Crippen LogP) is 5.39. The number of benzene rings is 1. The maximum atomic E-state index is 5.71. The second kappa shape index (κ2) is 7.97. The van der Waals surface area contributed by atoms with Gasteiger partial charge in [0, 0.05) is 4.88 Å². The number of ether oxygens (including phenoxy) is 1. The Bertz CT molecular complexity index is 550. The second-order valence-corrected chi connectivity index (χ2v) is 7.76. The minimum Gasteiger partial charge on any atom is -0.491 e. The summed E-state index contributed by atoms with van der Waals surface area (Å²) in [6.45, 7) is 7.28. The van der Waals surface area contributed by atoms with E-state index in [0.29, 0.717) is 0 Å². The molecule has 1 atom stereocenters. The predicted molar refractivity (Wildman–Crippen MR) is 94.4 cm³/mol. The Morgan fingerprint density at radius 3 is 2.38 bits per heavy atom. The molecule has 1 N–H and O–H groups in total. The number of halogens is 1. The number of hydrogen-bond acceptors (Lipinski definition) is 3. The van der Waals surface area contributed by atoms with E-state index in [1.165, 1.54) is 14.2 Å². The lowest BCUT2D eigenvalue weighted by atomic mass is 10.0. The zero-order valence-corrected chi connectivity index (χ0v) is 15.1. The summed E-state index contributed by atoms with van der Waals surface area (Å²) < 4.78 is 6.88. The van der Waals surface area contributed by atoms with E-state index in [1.807, 2.05) is 13.8 Å².